The molecule has 0 fully saturated rings. The van der Waals surface area contributed by atoms with Gasteiger partial charge in [-0.25, -0.2) is 9.98 Å². The number of oxazole rings is 1. The van der Waals surface area contributed by atoms with Crippen LogP contribution < -0.4 is 10.6 Å². The Labute approximate surface area is 167 Å². The number of rotatable bonds is 7. The van der Waals surface area contributed by atoms with Crippen molar-refractivity contribution in [1.29, 1.82) is 0 Å². The number of nitrogens with zero attached hydrogens (tertiary/aromatic N) is 2. The quantitative estimate of drug-likeness (QED) is 0.378. The summed E-state index contributed by atoms with van der Waals surface area (Å²) in [5, 5.41) is 6.61. The molecule has 25 heavy (non-hydrogen) atoms. The molecule has 1 aromatic carbocycles. The van der Waals surface area contributed by atoms with Gasteiger partial charge in [0.1, 0.15) is 12.3 Å². The van der Waals surface area contributed by atoms with Crippen LogP contribution in [-0.2, 0) is 19.4 Å². The van der Waals surface area contributed by atoms with Gasteiger partial charge in [-0.3, -0.25) is 0 Å². The second kappa shape index (κ2) is 11.1. The zero-order valence-corrected chi connectivity index (χ0v) is 17.9. The molecular weight excluding hydrogens is 427 g/mol. The van der Waals surface area contributed by atoms with Gasteiger partial charge in [0.2, 0.25) is 5.89 Å². The van der Waals surface area contributed by atoms with Crippen LogP contribution in [0.15, 0.2) is 33.7 Å². The van der Waals surface area contributed by atoms with E-state index >= 15 is 0 Å². The van der Waals surface area contributed by atoms with Gasteiger partial charge in [0.25, 0.3) is 0 Å². The van der Waals surface area contributed by atoms with Crippen LogP contribution in [0, 0.1) is 13.8 Å². The minimum Gasteiger partial charge on any atom is -0.444 e. The van der Waals surface area contributed by atoms with Crippen LogP contribution in [0.25, 0.3) is 0 Å². The second-order valence-corrected chi connectivity index (χ2v) is 5.79. The van der Waals surface area contributed by atoms with Crippen molar-refractivity contribution < 1.29 is 4.42 Å². The average Bonchev–Trinajstić information content (AvgIpc) is 2.91. The third-order valence-corrected chi connectivity index (χ3v) is 3.93. The summed E-state index contributed by atoms with van der Waals surface area (Å²) < 4.78 is 5.56. The highest BCUT2D eigenvalue weighted by Gasteiger charge is 2.05. The predicted molar refractivity (Wildman–Crippen MR) is 114 cm³/mol. The summed E-state index contributed by atoms with van der Waals surface area (Å²) in [5.74, 6) is 2.29. The van der Waals surface area contributed by atoms with Gasteiger partial charge in [-0.05, 0) is 44.7 Å². The average molecular weight is 456 g/mol. The first kappa shape index (κ1) is 21.5. The van der Waals surface area contributed by atoms with Crippen LogP contribution in [0.2, 0.25) is 0 Å². The van der Waals surface area contributed by atoms with E-state index < -0.39 is 0 Å². The van der Waals surface area contributed by atoms with E-state index in [2.05, 4.69) is 58.7 Å². The number of nitrogens with one attached hydrogen (secondary N) is 2. The standard InChI is InChI=1S/C19H28N4O.HI/c1-5-16-7-9-17(10-8-16)11-12-21-19(20-6-2)22-13-18-23-14(3)15(4)24-18;/h7-10H,5-6,11-13H2,1-4H3,(H2,20,21,22);1H. The van der Waals surface area contributed by atoms with E-state index in [-0.39, 0.29) is 24.0 Å². The molecule has 0 saturated carbocycles. The number of hydrogen-bond acceptors (Lipinski definition) is 3. The normalized spacial score (nSPS) is 11.1. The fourth-order valence-corrected chi connectivity index (χ4v) is 2.36. The summed E-state index contributed by atoms with van der Waals surface area (Å²) in [6.45, 7) is 10.2. The Kier molecular flexibility index (Phi) is 9.55. The molecular formula is C19H29IN4O. The van der Waals surface area contributed by atoms with Gasteiger partial charge in [0, 0.05) is 13.1 Å². The van der Waals surface area contributed by atoms with Crippen LogP contribution in [0.5, 0.6) is 0 Å². The first-order valence-electron chi connectivity index (χ1n) is 8.65. The lowest BCUT2D eigenvalue weighted by molar-refractivity contribution is 0.473. The maximum atomic E-state index is 5.56. The first-order chi connectivity index (χ1) is 11.6. The largest absolute Gasteiger partial charge is 0.444 e. The summed E-state index contributed by atoms with van der Waals surface area (Å²) in [4.78, 5) is 8.89. The van der Waals surface area contributed by atoms with E-state index in [0.29, 0.717) is 12.4 Å². The van der Waals surface area contributed by atoms with Gasteiger partial charge >= 0.3 is 0 Å². The van der Waals surface area contributed by atoms with E-state index in [0.717, 1.165) is 43.3 Å². The zero-order chi connectivity index (χ0) is 17.4. The van der Waals surface area contributed by atoms with E-state index in [9.17, 15) is 0 Å². The molecule has 1 heterocycles. The molecule has 5 nitrogen and oxygen atoms in total. The summed E-state index contributed by atoms with van der Waals surface area (Å²) in [6, 6.07) is 8.79. The van der Waals surface area contributed by atoms with Crippen LogP contribution >= 0.6 is 24.0 Å². The molecule has 0 saturated heterocycles. The fraction of sp³-hybridized carbons (Fsp3) is 0.474. The van der Waals surface area contributed by atoms with E-state index in [1.54, 1.807) is 0 Å². The highest BCUT2D eigenvalue weighted by atomic mass is 127. The lowest BCUT2D eigenvalue weighted by Crippen LogP contribution is -2.38. The molecule has 2 aromatic rings. The van der Waals surface area contributed by atoms with Gasteiger partial charge in [0.05, 0.1) is 5.69 Å². The van der Waals surface area contributed by atoms with Crippen molar-refractivity contribution in [2.24, 2.45) is 4.99 Å². The second-order valence-electron chi connectivity index (χ2n) is 5.79. The minimum atomic E-state index is 0. The summed E-state index contributed by atoms with van der Waals surface area (Å²) in [5.41, 5.74) is 3.63. The highest BCUT2D eigenvalue weighted by molar-refractivity contribution is 14.0. The van der Waals surface area contributed by atoms with E-state index in [1.807, 2.05) is 13.8 Å². The Bertz CT molecular complexity index is 645. The van der Waals surface area contributed by atoms with Crippen molar-refractivity contribution >= 4 is 29.9 Å². The number of benzene rings is 1. The summed E-state index contributed by atoms with van der Waals surface area (Å²) >= 11 is 0. The molecule has 138 valence electrons. The van der Waals surface area contributed by atoms with Gasteiger partial charge in [-0.2, -0.15) is 0 Å². The molecule has 0 unspecified atom stereocenters. The van der Waals surface area contributed by atoms with Crippen molar-refractivity contribution in [2.45, 2.75) is 47.1 Å². The van der Waals surface area contributed by atoms with Gasteiger partial charge in [0.15, 0.2) is 5.96 Å². The lowest BCUT2D eigenvalue weighted by Gasteiger charge is -2.11. The fourth-order valence-electron chi connectivity index (χ4n) is 2.36. The van der Waals surface area contributed by atoms with Gasteiger partial charge < -0.3 is 15.1 Å². The Morgan fingerprint density at radius 2 is 1.76 bits per heavy atom. The third kappa shape index (κ3) is 7.05. The first-order valence-corrected chi connectivity index (χ1v) is 8.65. The number of aliphatic imine (C=N–C) groups is 1. The Morgan fingerprint density at radius 1 is 1.08 bits per heavy atom. The minimum absolute atomic E-state index is 0. The zero-order valence-electron chi connectivity index (χ0n) is 15.6. The molecule has 2 rings (SSSR count). The van der Waals surface area contributed by atoms with Crippen molar-refractivity contribution in [1.82, 2.24) is 15.6 Å². The molecule has 0 bridgehead atoms. The molecule has 0 aliphatic carbocycles. The van der Waals surface area contributed by atoms with Crippen molar-refractivity contribution in [3.63, 3.8) is 0 Å². The Balaban J connectivity index is 0.00000312. The monoisotopic (exact) mass is 456 g/mol. The molecule has 6 heteroatoms. The van der Waals surface area contributed by atoms with Crippen LogP contribution in [0.4, 0.5) is 0 Å². The summed E-state index contributed by atoms with van der Waals surface area (Å²) in [6.07, 6.45) is 2.04. The molecule has 0 aliphatic heterocycles. The SMILES string of the molecule is CCNC(=NCc1nc(C)c(C)o1)NCCc1ccc(CC)cc1.I. The van der Waals surface area contributed by atoms with Gasteiger partial charge in [-0.1, -0.05) is 31.2 Å². The number of aromatic nitrogens is 1. The maximum absolute atomic E-state index is 5.56. The lowest BCUT2D eigenvalue weighted by atomic mass is 10.1. The number of aryl methyl sites for hydroxylation is 3. The van der Waals surface area contributed by atoms with Crippen molar-refractivity contribution in [2.75, 3.05) is 13.1 Å². The number of halogens is 1. The van der Waals surface area contributed by atoms with Crippen molar-refractivity contribution in [3.8, 4) is 0 Å². The maximum Gasteiger partial charge on any atom is 0.216 e. The Hall–Kier alpha value is -1.57. The number of hydrogen-bond donors (Lipinski definition) is 2. The molecule has 0 aliphatic rings. The van der Waals surface area contributed by atoms with E-state index in [1.165, 1.54) is 11.1 Å². The van der Waals surface area contributed by atoms with E-state index in [4.69, 9.17) is 4.42 Å². The van der Waals surface area contributed by atoms with Crippen LogP contribution in [-0.4, -0.2) is 24.0 Å². The third-order valence-electron chi connectivity index (χ3n) is 3.93. The van der Waals surface area contributed by atoms with Crippen LogP contribution in [0.1, 0.15) is 42.3 Å². The molecule has 0 radical (unpaired) electrons. The highest BCUT2D eigenvalue weighted by Crippen LogP contribution is 2.09. The molecule has 2 N–H and O–H groups in total. The van der Waals surface area contributed by atoms with Gasteiger partial charge in [-0.15, -0.1) is 24.0 Å². The predicted octanol–water partition coefficient (Wildman–Crippen LogP) is 3.77. The molecule has 1 aromatic heterocycles. The molecule has 0 atom stereocenters. The van der Waals surface area contributed by atoms with Crippen molar-refractivity contribution in [3.05, 3.63) is 52.7 Å². The van der Waals surface area contributed by atoms with Crippen LogP contribution in [0.3, 0.4) is 0 Å². The molecule has 0 spiro atoms. The topological polar surface area (TPSA) is 62.5 Å². The smallest absolute Gasteiger partial charge is 0.216 e. The number of guanidine groups is 1. The Morgan fingerprint density at radius 3 is 2.32 bits per heavy atom. The molecule has 0 amide bonds. The summed E-state index contributed by atoms with van der Waals surface area (Å²) in [7, 11) is 0.